The van der Waals surface area contributed by atoms with Gasteiger partial charge >= 0.3 is 6.03 Å². The first-order valence-electron chi connectivity index (χ1n) is 11.0. The van der Waals surface area contributed by atoms with Crippen LogP contribution in [0.25, 0.3) is 0 Å². The summed E-state index contributed by atoms with van der Waals surface area (Å²) in [6, 6.07) is 8.18. The van der Waals surface area contributed by atoms with E-state index in [9.17, 15) is 4.79 Å². The fraction of sp³-hybridized carbons (Fsp3) is 0.625. The van der Waals surface area contributed by atoms with Gasteiger partial charge in [-0.2, -0.15) is 0 Å². The maximum absolute atomic E-state index is 12.5. The zero-order chi connectivity index (χ0) is 21.1. The van der Waals surface area contributed by atoms with Crippen molar-refractivity contribution in [2.24, 2.45) is 0 Å². The van der Waals surface area contributed by atoms with E-state index in [1.54, 1.807) is 0 Å². The highest BCUT2D eigenvalue weighted by Gasteiger charge is 2.26. The van der Waals surface area contributed by atoms with Gasteiger partial charge in [0.15, 0.2) is 0 Å². The van der Waals surface area contributed by atoms with Crippen molar-refractivity contribution in [2.45, 2.75) is 64.0 Å². The van der Waals surface area contributed by atoms with Gasteiger partial charge < -0.3 is 19.9 Å². The van der Waals surface area contributed by atoms with Crippen molar-refractivity contribution in [3.05, 3.63) is 42.5 Å². The third-order valence-corrected chi connectivity index (χ3v) is 5.79. The lowest BCUT2D eigenvalue weighted by atomic mass is 9.92. The highest BCUT2D eigenvalue weighted by molar-refractivity contribution is 5.89. The second kappa shape index (κ2) is 12.7. The number of hydrogen-bond donors (Lipinski definition) is 1. The molecule has 0 radical (unpaired) electrons. The molecule has 2 rings (SSSR count). The standard InChI is InChI=1S/C24H39N3O2/c1-5-17-26(3)18-7-6-8-19-29-23-15-13-22(14-16-23)27(4)24(28)25-21-11-9-20(2)10-12-21/h5,9-12,22-23H,1,6-8,13-19H2,2-4H3,(H,25,28)/t22-,23-. The van der Waals surface area contributed by atoms with Crippen LogP contribution in [0.1, 0.15) is 50.5 Å². The Hall–Kier alpha value is -1.85. The van der Waals surface area contributed by atoms with Gasteiger partial charge in [-0.05, 0) is 77.6 Å². The van der Waals surface area contributed by atoms with E-state index in [0.29, 0.717) is 12.1 Å². The second-order valence-electron chi connectivity index (χ2n) is 8.32. The van der Waals surface area contributed by atoms with E-state index in [1.807, 2.05) is 49.2 Å². The number of nitrogens with zero attached hydrogens (tertiary/aromatic N) is 2. The third-order valence-electron chi connectivity index (χ3n) is 5.79. The van der Waals surface area contributed by atoms with E-state index < -0.39 is 0 Å². The van der Waals surface area contributed by atoms with Gasteiger partial charge in [-0.3, -0.25) is 0 Å². The van der Waals surface area contributed by atoms with Crippen LogP contribution in [0.4, 0.5) is 10.5 Å². The van der Waals surface area contributed by atoms with Crippen molar-refractivity contribution >= 4 is 11.7 Å². The molecule has 0 bridgehead atoms. The maximum atomic E-state index is 12.5. The highest BCUT2D eigenvalue weighted by Crippen LogP contribution is 2.25. The molecule has 162 valence electrons. The topological polar surface area (TPSA) is 44.8 Å². The quantitative estimate of drug-likeness (QED) is 0.416. The zero-order valence-corrected chi connectivity index (χ0v) is 18.5. The Morgan fingerprint density at radius 3 is 2.48 bits per heavy atom. The lowest BCUT2D eigenvalue weighted by Crippen LogP contribution is -2.42. The molecule has 1 fully saturated rings. The molecule has 0 spiro atoms. The number of likely N-dealkylation sites (N-methyl/N-ethyl adjacent to an activating group) is 1. The average molecular weight is 402 g/mol. The number of nitrogens with one attached hydrogen (secondary N) is 1. The first-order valence-corrected chi connectivity index (χ1v) is 11.0. The number of benzene rings is 1. The minimum absolute atomic E-state index is 0.0281. The van der Waals surface area contributed by atoms with E-state index in [2.05, 4.69) is 23.8 Å². The van der Waals surface area contributed by atoms with E-state index in [4.69, 9.17) is 4.74 Å². The zero-order valence-electron chi connectivity index (χ0n) is 18.5. The molecule has 0 saturated heterocycles. The van der Waals surface area contributed by atoms with Crippen LogP contribution in [0.3, 0.4) is 0 Å². The second-order valence-corrected chi connectivity index (χ2v) is 8.32. The fourth-order valence-electron chi connectivity index (χ4n) is 3.84. The number of carbonyl (C=O) groups excluding carboxylic acids is 1. The normalized spacial score (nSPS) is 19.2. The summed E-state index contributed by atoms with van der Waals surface area (Å²) >= 11 is 0. The van der Waals surface area contributed by atoms with Gasteiger partial charge in [0.2, 0.25) is 0 Å². The van der Waals surface area contributed by atoms with Gasteiger partial charge in [0, 0.05) is 31.9 Å². The van der Waals surface area contributed by atoms with Crippen LogP contribution in [0, 0.1) is 6.92 Å². The molecule has 0 unspecified atom stereocenters. The van der Waals surface area contributed by atoms with Gasteiger partial charge in [-0.25, -0.2) is 4.79 Å². The summed E-state index contributed by atoms with van der Waals surface area (Å²) in [7, 11) is 4.04. The third kappa shape index (κ3) is 8.58. The molecule has 2 amide bonds. The number of aryl methyl sites for hydroxylation is 1. The summed E-state index contributed by atoms with van der Waals surface area (Å²) in [5, 5.41) is 2.99. The smallest absolute Gasteiger partial charge is 0.321 e. The number of ether oxygens (including phenoxy) is 1. The van der Waals surface area contributed by atoms with E-state index in [1.165, 1.54) is 18.4 Å². The summed E-state index contributed by atoms with van der Waals surface area (Å²) in [4.78, 5) is 16.7. The van der Waals surface area contributed by atoms with Crippen LogP contribution in [-0.2, 0) is 4.74 Å². The summed E-state index contributed by atoms with van der Waals surface area (Å²) in [5.41, 5.74) is 2.04. The Bertz CT molecular complexity index is 609. The molecular weight excluding hydrogens is 362 g/mol. The molecule has 1 N–H and O–H groups in total. The maximum Gasteiger partial charge on any atom is 0.321 e. The van der Waals surface area contributed by atoms with Crippen LogP contribution in [0.15, 0.2) is 36.9 Å². The number of unbranched alkanes of at least 4 members (excludes halogenated alkanes) is 2. The highest BCUT2D eigenvalue weighted by atomic mass is 16.5. The van der Waals surface area contributed by atoms with Crippen LogP contribution >= 0.6 is 0 Å². The molecule has 0 heterocycles. The van der Waals surface area contributed by atoms with Crippen LogP contribution in [-0.4, -0.2) is 61.8 Å². The SMILES string of the molecule is C=CCN(C)CCCCCO[C@H]1CC[C@H](N(C)C(=O)Nc2ccc(C)cc2)CC1. The van der Waals surface area contributed by atoms with E-state index in [0.717, 1.165) is 57.5 Å². The van der Waals surface area contributed by atoms with Crippen molar-refractivity contribution in [1.29, 1.82) is 0 Å². The Balaban J connectivity index is 1.58. The number of rotatable bonds is 11. The van der Waals surface area contributed by atoms with Crippen LogP contribution < -0.4 is 5.32 Å². The van der Waals surface area contributed by atoms with Gasteiger partial charge in [-0.15, -0.1) is 6.58 Å². The first kappa shape index (κ1) is 23.4. The summed E-state index contributed by atoms with van der Waals surface area (Å²) in [5.74, 6) is 0. The number of hydrogen-bond acceptors (Lipinski definition) is 3. The molecule has 1 aliphatic carbocycles. The molecule has 1 aliphatic rings. The Kier molecular flexibility index (Phi) is 10.2. The van der Waals surface area contributed by atoms with Gasteiger partial charge in [-0.1, -0.05) is 23.8 Å². The van der Waals surface area contributed by atoms with Gasteiger partial charge in [0.05, 0.1) is 6.10 Å². The molecule has 29 heavy (non-hydrogen) atoms. The molecule has 1 aromatic rings. The first-order chi connectivity index (χ1) is 14.0. The molecule has 0 atom stereocenters. The van der Waals surface area contributed by atoms with Crippen molar-refractivity contribution in [1.82, 2.24) is 9.80 Å². The number of amides is 2. The van der Waals surface area contributed by atoms with E-state index in [-0.39, 0.29) is 6.03 Å². The molecule has 5 heteroatoms. The summed E-state index contributed by atoms with van der Waals surface area (Å²) < 4.78 is 6.08. The number of carbonyl (C=O) groups is 1. The van der Waals surface area contributed by atoms with Crippen molar-refractivity contribution < 1.29 is 9.53 Å². The molecule has 0 aromatic heterocycles. The lowest BCUT2D eigenvalue weighted by Gasteiger charge is -2.34. The molecule has 1 saturated carbocycles. The van der Waals surface area contributed by atoms with Crippen LogP contribution in [0.5, 0.6) is 0 Å². The Morgan fingerprint density at radius 1 is 1.14 bits per heavy atom. The summed E-state index contributed by atoms with van der Waals surface area (Å²) in [6.07, 6.45) is 9.93. The average Bonchev–Trinajstić information content (AvgIpc) is 2.72. The van der Waals surface area contributed by atoms with E-state index >= 15 is 0 Å². The fourth-order valence-corrected chi connectivity index (χ4v) is 3.84. The minimum atomic E-state index is -0.0281. The minimum Gasteiger partial charge on any atom is -0.378 e. The Labute approximate surface area is 177 Å². The predicted octanol–water partition coefficient (Wildman–Crippen LogP) is 5.07. The number of urea groups is 1. The molecule has 5 nitrogen and oxygen atoms in total. The van der Waals surface area contributed by atoms with Gasteiger partial charge in [0.1, 0.15) is 0 Å². The van der Waals surface area contributed by atoms with Crippen molar-refractivity contribution in [3.63, 3.8) is 0 Å². The monoisotopic (exact) mass is 401 g/mol. The van der Waals surface area contributed by atoms with Crippen LogP contribution in [0.2, 0.25) is 0 Å². The molecular formula is C24H39N3O2. The molecule has 1 aromatic carbocycles. The number of anilines is 1. The predicted molar refractivity (Wildman–Crippen MR) is 122 cm³/mol. The Morgan fingerprint density at radius 2 is 1.83 bits per heavy atom. The lowest BCUT2D eigenvalue weighted by molar-refractivity contribution is 0.0130. The molecule has 0 aliphatic heterocycles. The largest absolute Gasteiger partial charge is 0.378 e. The summed E-state index contributed by atoms with van der Waals surface area (Å²) in [6.45, 7) is 8.74. The van der Waals surface area contributed by atoms with Gasteiger partial charge in [0.25, 0.3) is 0 Å². The van der Waals surface area contributed by atoms with Crippen molar-refractivity contribution in [2.75, 3.05) is 39.1 Å². The van der Waals surface area contributed by atoms with Crippen molar-refractivity contribution in [3.8, 4) is 0 Å².